The Balaban J connectivity index is 3.21. The second kappa shape index (κ2) is 4.26. The van der Waals surface area contributed by atoms with Gasteiger partial charge in [0.2, 0.25) is 5.75 Å². The maximum absolute atomic E-state index is 11.6. The van der Waals surface area contributed by atoms with E-state index in [0.29, 0.717) is 0 Å². The largest absolute Gasteiger partial charge is 0.489 e. The van der Waals surface area contributed by atoms with Gasteiger partial charge in [-0.3, -0.25) is 14.9 Å². The maximum atomic E-state index is 11.6. The second-order valence-electron chi connectivity index (χ2n) is 2.94. The van der Waals surface area contributed by atoms with Gasteiger partial charge < -0.3 is 9.64 Å². The number of amides is 1. The minimum Gasteiger partial charge on any atom is -0.489 e. The van der Waals surface area contributed by atoms with Gasteiger partial charge in [0.25, 0.3) is 5.91 Å². The highest BCUT2D eigenvalue weighted by Crippen LogP contribution is 2.36. The lowest BCUT2D eigenvalue weighted by atomic mass is 10.3. The van der Waals surface area contributed by atoms with Gasteiger partial charge in [-0.25, -0.2) is 0 Å². The van der Waals surface area contributed by atoms with E-state index in [1.54, 1.807) is 14.1 Å². The molecular weight excluding hydrogens is 220 g/mol. The number of carbonyl (C=O) groups is 1. The summed E-state index contributed by atoms with van der Waals surface area (Å²) in [5.74, 6) is -0.270. The molecule has 0 N–H and O–H groups in total. The normalized spacial score (nSPS) is 9.80. The van der Waals surface area contributed by atoms with E-state index in [1.165, 1.54) is 17.4 Å². The van der Waals surface area contributed by atoms with Crippen molar-refractivity contribution < 1.29 is 14.5 Å². The van der Waals surface area contributed by atoms with Crippen LogP contribution in [0.2, 0.25) is 0 Å². The van der Waals surface area contributed by atoms with E-state index in [2.05, 4.69) is 0 Å². The Morgan fingerprint density at radius 3 is 2.60 bits per heavy atom. The van der Waals surface area contributed by atoms with Crippen molar-refractivity contribution in [2.45, 2.75) is 0 Å². The third kappa shape index (κ3) is 2.07. The Kier molecular flexibility index (Phi) is 3.25. The van der Waals surface area contributed by atoms with Crippen LogP contribution < -0.4 is 4.74 Å². The highest BCUT2D eigenvalue weighted by atomic mass is 32.1. The summed E-state index contributed by atoms with van der Waals surface area (Å²) in [7, 11) is 4.46. The predicted octanol–water partition coefficient (Wildman–Crippen LogP) is 1.37. The summed E-state index contributed by atoms with van der Waals surface area (Å²) in [5.41, 5.74) is -0.173. The van der Waals surface area contributed by atoms with Gasteiger partial charge in [-0.15, -0.1) is 11.3 Å². The van der Waals surface area contributed by atoms with Gasteiger partial charge in [-0.1, -0.05) is 0 Å². The first-order valence-electron chi connectivity index (χ1n) is 4.00. The lowest BCUT2D eigenvalue weighted by Gasteiger charge is -2.09. The molecule has 1 rings (SSSR count). The lowest BCUT2D eigenvalue weighted by Crippen LogP contribution is -2.21. The molecule has 1 heterocycles. The van der Waals surface area contributed by atoms with Gasteiger partial charge in [-0.2, -0.15) is 0 Å². The van der Waals surface area contributed by atoms with E-state index in [-0.39, 0.29) is 22.2 Å². The van der Waals surface area contributed by atoms with Gasteiger partial charge in [0.15, 0.2) is 0 Å². The molecule has 82 valence electrons. The standard InChI is InChI=1S/C8H10N2O4S/c1-9(2)8(11)7-6(14-3)5(4-15-7)10(12)13/h4H,1-3H3. The van der Waals surface area contributed by atoms with Crippen molar-refractivity contribution in [2.75, 3.05) is 21.2 Å². The van der Waals surface area contributed by atoms with Crippen molar-refractivity contribution in [1.82, 2.24) is 4.90 Å². The number of hydrogen-bond donors (Lipinski definition) is 0. The molecule has 0 unspecified atom stereocenters. The van der Waals surface area contributed by atoms with Gasteiger partial charge in [0, 0.05) is 14.1 Å². The van der Waals surface area contributed by atoms with E-state index in [0.717, 1.165) is 11.3 Å². The van der Waals surface area contributed by atoms with Crippen LogP contribution in [0.15, 0.2) is 5.38 Å². The van der Waals surface area contributed by atoms with Crippen LogP contribution in [-0.2, 0) is 0 Å². The van der Waals surface area contributed by atoms with Crippen LogP contribution in [0.3, 0.4) is 0 Å². The van der Waals surface area contributed by atoms with Crippen molar-refractivity contribution in [3.63, 3.8) is 0 Å². The summed E-state index contributed by atoms with van der Waals surface area (Å²) in [6.45, 7) is 0. The lowest BCUT2D eigenvalue weighted by molar-refractivity contribution is -0.385. The average Bonchev–Trinajstić information content (AvgIpc) is 2.59. The Bertz CT molecular complexity index is 399. The molecule has 0 aliphatic rings. The van der Waals surface area contributed by atoms with Crippen molar-refractivity contribution in [3.8, 4) is 5.75 Å². The first-order valence-corrected chi connectivity index (χ1v) is 4.88. The molecule has 6 nitrogen and oxygen atoms in total. The molecule has 1 aromatic rings. The summed E-state index contributed by atoms with van der Waals surface area (Å²) < 4.78 is 4.87. The third-order valence-electron chi connectivity index (χ3n) is 1.73. The smallest absolute Gasteiger partial charge is 0.322 e. The highest BCUT2D eigenvalue weighted by molar-refractivity contribution is 7.13. The minimum atomic E-state index is -0.568. The molecule has 1 amide bonds. The fourth-order valence-electron chi connectivity index (χ4n) is 1.01. The number of nitrogens with zero attached hydrogens (tertiary/aromatic N) is 2. The Morgan fingerprint density at radius 2 is 2.20 bits per heavy atom. The van der Waals surface area contributed by atoms with E-state index in [4.69, 9.17) is 4.74 Å². The number of nitro groups is 1. The Morgan fingerprint density at radius 1 is 1.60 bits per heavy atom. The number of carbonyl (C=O) groups excluding carboxylic acids is 1. The summed E-state index contributed by atoms with van der Waals surface area (Å²) in [6.07, 6.45) is 0. The van der Waals surface area contributed by atoms with Crippen molar-refractivity contribution >= 4 is 22.9 Å². The minimum absolute atomic E-state index is 0.0312. The third-order valence-corrected chi connectivity index (χ3v) is 2.67. The monoisotopic (exact) mass is 230 g/mol. The van der Waals surface area contributed by atoms with E-state index < -0.39 is 4.92 Å². The van der Waals surface area contributed by atoms with Crippen molar-refractivity contribution in [3.05, 3.63) is 20.4 Å². The number of methoxy groups -OCH3 is 1. The summed E-state index contributed by atoms with van der Waals surface area (Å²) in [5, 5.41) is 11.9. The fourth-order valence-corrected chi connectivity index (χ4v) is 2.01. The first-order chi connectivity index (χ1) is 6.99. The fraction of sp³-hybridized carbons (Fsp3) is 0.375. The summed E-state index contributed by atoms with van der Waals surface area (Å²) in [4.78, 5) is 23.2. The number of hydrogen-bond acceptors (Lipinski definition) is 5. The molecule has 0 aliphatic heterocycles. The topological polar surface area (TPSA) is 72.7 Å². The first kappa shape index (κ1) is 11.4. The quantitative estimate of drug-likeness (QED) is 0.580. The number of thiophene rings is 1. The van der Waals surface area contributed by atoms with E-state index >= 15 is 0 Å². The van der Waals surface area contributed by atoms with Gasteiger partial charge in [-0.05, 0) is 0 Å². The van der Waals surface area contributed by atoms with Crippen LogP contribution in [0.4, 0.5) is 5.69 Å². The van der Waals surface area contributed by atoms with E-state index in [1.807, 2.05) is 0 Å². The molecule has 0 saturated heterocycles. The van der Waals surface area contributed by atoms with Crippen molar-refractivity contribution in [2.24, 2.45) is 0 Å². The van der Waals surface area contributed by atoms with Gasteiger partial charge >= 0.3 is 5.69 Å². The second-order valence-corrected chi connectivity index (χ2v) is 3.82. The molecule has 0 fully saturated rings. The van der Waals surface area contributed by atoms with Gasteiger partial charge in [0.05, 0.1) is 17.4 Å². The molecule has 15 heavy (non-hydrogen) atoms. The SMILES string of the molecule is COc1c([N+](=O)[O-])csc1C(=O)N(C)C. The molecule has 0 saturated carbocycles. The summed E-state index contributed by atoms with van der Waals surface area (Å²) in [6, 6.07) is 0. The van der Waals surface area contributed by atoms with Crippen LogP contribution >= 0.6 is 11.3 Å². The molecule has 0 bridgehead atoms. The van der Waals surface area contributed by atoms with Crippen LogP contribution in [0.25, 0.3) is 0 Å². The predicted molar refractivity (Wildman–Crippen MR) is 55.5 cm³/mol. The number of ether oxygens (including phenoxy) is 1. The molecule has 1 aromatic heterocycles. The van der Waals surface area contributed by atoms with Crippen LogP contribution in [-0.4, -0.2) is 36.9 Å². The molecule has 0 spiro atoms. The zero-order valence-electron chi connectivity index (χ0n) is 8.51. The average molecular weight is 230 g/mol. The molecule has 0 radical (unpaired) electrons. The molecule has 7 heteroatoms. The molecule has 0 atom stereocenters. The zero-order chi connectivity index (χ0) is 11.6. The highest BCUT2D eigenvalue weighted by Gasteiger charge is 2.26. The van der Waals surface area contributed by atoms with E-state index in [9.17, 15) is 14.9 Å². The maximum Gasteiger partial charge on any atom is 0.322 e. The van der Waals surface area contributed by atoms with Crippen LogP contribution in [0.1, 0.15) is 9.67 Å². The van der Waals surface area contributed by atoms with Crippen LogP contribution in [0.5, 0.6) is 5.75 Å². The van der Waals surface area contributed by atoms with Gasteiger partial charge in [0.1, 0.15) is 4.88 Å². The summed E-state index contributed by atoms with van der Waals surface area (Å²) >= 11 is 1.01. The molecule has 0 aromatic carbocycles. The van der Waals surface area contributed by atoms with Crippen molar-refractivity contribution in [1.29, 1.82) is 0 Å². The molecular formula is C8H10N2O4S. The number of rotatable bonds is 3. The zero-order valence-corrected chi connectivity index (χ0v) is 9.33. The Hall–Kier alpha value is -1.63. The molecule has 0 aliphatic carbocycles. The van der Waals surface area contributed by atoms with Crippen LogP contribution in [0, 0.1) is 10.1 Å². The Labute approximate surface area is 90.2 Å².